The molecule has 1 aliphatic rings. The van der Waals surface area contributed by atoms with Crippen molar-refractivity contribution in [2.45, 2.75) is 6.54 Å². The lowest BCUT2D eigenvalue weighted by Gasteiger charge is -2.26. The number of Topliss-reactive ketones (excluding diaryl/α,β-unsaturated/α-hetero) is 1. The molecule has 9 nitrogen and oxygen atoms in total. The first-order valence-corrected chi connectivity index (χ1v) is 10.1. The van der Waals surface area contributed by atoms with E-state index in [4.69, 9.17) is 4.74 Å². The van der Waals surface area contributed by atoms with Crippen molar-refractivity contribution in [2.75, 3.05) is 38.2 Å². The SMILES string of the molecule is Cn1c(NCC(=O)c2ccc(CN3CCOCC3)cc2)nc(-c2ccncn2)cc1=O. The molecule has 0 atom stereocenters. The number of carbonyl (C=O) groups excluding carboxylic acids is 1. The van der Waals surface area contributed by atoms with Gasteiger partial charge < -0.3 is 10.1 Å². The number of aromatic nitrogens is 4. The summed E-state index contributed by atoms with van der Waals surface area (Å²) in [7, 11) is 1.60. The first-order chi connectivity index (χ1) is 15.1. The second kappa shape index (κ2) is 9.59. The summed E-state index contributed by atoms with van der Waals surface area (Å²) in [4.78, 5) is 39.7. The summed E-state index contributed by atoms with van der Waals surface area (Å²) >= 11 is 0. The molecule has 0 unspecified atom stereocenters. The minimum absolute atomic E-state index is 0.0241. The van der Waals surface area contributed by atoms with Gasteiger partial charge >= 0.3 is 0 Å². The summed E-state index contributed by atoms with van der Waals surface area (Å²) in [6.45, 7) is 4.23. The molecule has 0 spiro atoms. The molecule has 9 heteroatoms. The summed E-state index contributed by atoms with van der Waals surface area (Å²) in [6.07, 6.45) is 2.98. The number of hydrogen-bond donors (Lipinski definition) is 1. The van der Waals surface area contributed by atoms with Gasteiger partial charge in [-0.05, 0) is 11.6 Å². The molecule has 0 radical (unpaired) electrons. The second-order valence-electron chi connectivity index (χ2n) is 7.32. The summed E-state index contributed by atoms with van der Waals surface area (Å²) in [5.74, 6) is 0.220. The van der Waals surface area contributed by atoms with Crippen LogP contribution in [0.15, 0.2) is 53.7 Å². The number of hydrogen-bond acceptors (Lipinski definition) is 8. The van der Waals surface area contributed by atoms with Crippen LogP contribution >= 0.6 is 0 Å². The van der Waals surface area contributed by atoms with Crippen LogP contribution in [0.4, 0.5) is 5.95 Å². The zero-order valence-corrected chi connectivity index (χ0v) is 17.3. The average molecular weight is 420 g/mol. The molecule has 4 rings (SSSR count). The molecular weight excluding hydrogens is 396 g/mol. The fraction of sp³-hybridized carbons (Fsp3) is 0.318. The van der Waals surface area contributed by atoms with Crippen molar-refractivity contribution in [1.82, 2.24) is 24.4 Å². The van der Waals surface area contributed by atoms with Gasteiger partial charge in [0, 0.05) is 44.5 Å². The first-order valence-electron chi connectivity index (χ1n) is 10.1. The molecule has 3 aromatic rings. The Labute approximate surface area is 179 Å². The van der Waals surface area contributed by atoms with E-state index >= 15 is 0 Å². The van der Waals surface area contributed by atoms with Crippen LogP contribution in [0.25, 0.3) is 11.4 Å². The van der Waals surface area contributed by atoms with E-state index in [1.54, 1.807) is 19.3 Å². The van der Waals surface area contributed by atoms with Crippen molar-refractivity contribution in [3.05, 3.63) is 70.4 Å². The van der Waals surface area contributed by atoms with E-state index in [9.17, 15) is 9.59 Å². The highest BCUT2D eigenvalue weighted by Gasteiger charge is 2.13. The van der Waals surface area contributed by atoms with E-state index in [0.29, 0.717) is 22.9 Å². The minimum atomic E-state index is -0.244. The van der Waals surface area contributed by atoms with Gasteiger partial charge in [-0.15, -0.1) is 0 Å². The van der Waals surface area contributed by atoms with Crippen LogP contribution in [-0.2, 0) is 18.3 Å². The van der Waals surface area contributed by atoms with E-state index in [1.807, 2.05) is 24.3 Å². The largest absolute Gasteiger partial charge is 0.379 e. The molecule has 1 N–H and O–H groups in total. The van der Waals surface area contributed by atoms with Crippen LogP contribution in [0.3, 0.4) is 0 Å². The van der Waals surface area contributed by atoms with Gasteiger partial charge in [0.05, 0.1) is 31.1 Å². The summed E-state index contributed by atoms with van der Waals surface area (Å²) in [6, 6.07) is 10.7. The van der Waals surface area contributed by atoms with Gasteiger partial charge in [0.25, 0.3) is 5.56 Å². The number of anilines is 1. The smallest absolute Gasteiger partial charge is 0.255 e. The maximum Gasteiger partial charge on any atom is 0.255 e. The van der Waals surface area contributed by atoms with Crippen molar-refractivity contribution in [1.29, 1.82) is 0 Å². The number of morpholine rings is 1. The third-order valence-corrected chi connectivity index (χ3v) is 5.17. The van der Waals surface area contributed by atoms with Crippen LogP contribution in [-0.4, -0.2) is 63.1 Å². The molecule has 1 aliphatic heterocycles. The van der Waals surface area contributed by atoms with Crippen LogP contribution in [0.5, 0.6) is 0 Å². The van der Waals surface area contributed by atoms with Crippen molar-refractivity contribution < 1.29 is 9.53 Å². The molecule has 160 valence electrons. The van der Waals surface area contributed by atoms with Gasteiger partial charge in [0.2, 0.25) is 5.95 Å². The number of ether oxygens (including phenoxy) is 1. The summed E-state index contributed by atoms with van der Waals surface area (Å²) < 4.78 is 6.74. The van der Waals surface area contributed by atoms with Crippen LogP contribution in [0.2, 0.25) is 0 Å². The molecule has 1 fully saturated rings. The van der Waals surface area contributed by atoms with E-state index in [0.717, 1.165) is 38.4 Å². The number of carbonyl (C=O) groups is 1. The predicted octanol–water partition coefficient (Wildman–Crippen LogP) is 1.36. The lowest BCUT2D eigenvalue weighted by Crippen LogP contribution is -2.35. The van der Waals surface area contributed by atoms with Gasteiger partial charge in [-0.1, -0.05) is 24.3 Å². The number of nitrogens with zero attached hydrogens (tertiary/aromatic N) is 5. The first kappa shape index (κ1) is 20.8. The van der Waals surface area contributed by atoms with E-state index < -0.39 is 0 Å². The van der Waals surface area contributed by atoms with Crippen LogP contribution in [0, 0.1) is 0 Å². The second-order valence-corrected chi connectivity index (χ2v) is 7.32. The Hall–Kier alpha value is -3.43. The molecule has 2 aromatic heterocycles. The fourth-order valence-electron chi connectivity index (χ4n) is 3.35. The Balaban J connectivity index is 1.41. The monoisotopic (exact) mass is 420 g/mol. The lowest BCUT2D eigenvalue weighted by molar-refractivity contribution is 0.0342. The minimum Gasteiger partial charge on any atom is -0.379 e. The maximum absolute atomic E-state index is 12.6. The zero-order chi connectivity index (χ0) is 21.6. The van der Waals surface area contributed by atoms with E-state index in [1.165, 1.54) is 17.0 Å². The Morgan fingerprint density at radius 3 is 2.61 bits per heavy atom. The van der Waals surface area contributed by atoms with Gasteiger partial charge in [-0.25, -0.2) is 15.0 Å². The highest BCUT2D eigenvalue weighted by atomic mass is 16.5. The molecule has 1 saturated heterocycles. The third kappa shape index (κ3) is 5.19. The quantitative estimate of drug-likeness (QED) is 0.572. The Morgan fingerprint density at radius 2 is 1.90 bits per heavy atom. The number of ketones is 1. The van der Waals surface area contributed by atoms with Crippen molar-refractivity contribution in [3.63, 3.8) is 0 Å². The Morgan fingerprint density at radius 1 is 1.13 bits per heavy atom. The maximum atomic E-state index is 12.6. The zero-order valence-electron chi connectivity index (χ0n) is 17.3. The lowest BCUT2D eigenvalue weighted by atomic mass is 10.1. The van der Waals surface area contributed by atoms with Crippen LogP contribution in [0.1, 0.15) is 15.9 Å². The fourth-order valence-corrected chi connectivity index (χ4v) is 3.35. The van der Waals surface area contributed by atoms with Gasteiger partial charge in [0.15, 0.2) is 5.78 Å². The van der Waals surface area contributed by atoms with Gasteiger partial charge in [-0.2, -0.15) is 0 Å². The third-order valence-electron chi connectivity index (χ3n) is 5.17. The summed E-state index contributed by atoms with van der Waals surface area (Å²) in [5, 5.41) is 2.98. The van der Waals surface area contributed by atoms with Crippen LogP contribution < -0.4 is 10.9 Å². The molecular formula is C22H24N6O3. The van der Waals surface area contributed by atoms with E-state index in [2.05, 4.69) is 25.2 Å². The van der Waals surface area contributed by atoms with E-state index in [-0.39, 0.29) is 17.9 Å². The molecule has 0 bridgehead atoms. The molecule has 1 aromatic carbocycles. The van der Waals surface area contributed by atoms with Gasteiger partial charge in [-0.3, -0.25) is 19.1 Å². The van der Waals surface area contributed by atoms with Crippen molar-refractivity contribution >= 4 is 11.7 Å². The van der Waals surface area contributed by atoms with Crippen molar-refractivity contribution in [2.24, 2.45) is 7.05 Å². The topological polar surface area (TPSA) is 102 Å². The Bertz CT molecular complexity index is 1090. The number of nitrogens with one attached hydrogen (secondary N) is 1. The normalized spacial score (nSPS) is 14.4. The highest BCUT2D eigenvalue weighted by Crippen LogP contribution is 2.14. The predicted molar refractivity (Wildman–Crippen MR) is 116 cm³/mol. The summed E-state index contributed by atoms with van der Waals surface area (Å²) in [5.41, 5.74) is 2.49. The average Bonchev–Trinajstić information content (AvgIpc) is 2.81. The van der Waals surface area contributed by atoms with Crippen molar-refractivity contribution in [3.8, 4) is 11.4 Å². The molecule has 0 amide bonds. The number of benzene rings is 1. The standard InChI is InChI=1S/C22H24N6O3/c1-27-21(30)12-19(18-6-7-23-15-25-18)26-22(27)24-13-20(29)17-4-2-16(3-5-17)14-28-8-10-31-11-9-28/h2-7,12,15H,8-11,13-14H2,1H3,(H,24,26). The van der Waals surface area contributed by atoms with Gasteiger partial charge in [0.1, 0.15) is 6.33 Å². The Kier molecular flexibility index (Phi) is 6.44. The number of rotatable bonds is 7. The molecule has 0 aliphatic carbocycles. The molecule has 31 heavy (non-hydrogen) atoms. The molecule has 0 saturated carbocycles. The molecule has 3 heterocycles. The highest BCUT2D eigenvalue weighted by molar-refractivity contribution is 5.98.